The van der Waals surface area contributed by atoms with Crippen molar-refractivity contribution in [1.29, 1.82) is 0 Å². The molecule has 1 aromatic heterocycles. The van der Waals surface area contributed by atoms with Crippen molar-refractivity contribution in [2.45, 2.75) is 27.2 Å². The van der Waals surface area contributed by atoms with E-state index in [1.54, 1.807) is 12.3 Å². The van der Waals surface area contributed by atoms with Gasteiger partial charge < -0.3 is 4.74 Å². The average molecular weight is 262 g/mol. The highest BCUT2D eigenvalue weighted by Gasteiger charge is 2.08. The average Bonchev–Trinajstić information content (AvgIpc) is 2.15. The van der Waals surface area contributed by atoms with E-state index in [0.717, 1.165) is 6.42 Å². The van der Waals surface area contributed by atoms with Gasteiger partial charge in [0.2, 0.25) is 0 Å². The minimum atomic E-state index is 0.382. The first kappa shape index (κ1) is 13.6. The molecule has 0 spiro atoms. The lowest BCUT2D eigenvalue weighted by molar-refractivity contribution is 0.238. The number of halogens is 2. The number of pyridine rings is 1. The first-order chi connectivity index (χ1) is 7.49. The molecule has 1 aromatic rings. The lowest BCUT2D eigenvalue weighted by atomic mass is 10.00. The van der Waals surface area contributed by atoms with E-state index in [2.05, 4.69) is 25.8 Å². The van der Waals surface area contributed by atoms with Crippen LogP contribution < -0.4 is 4.74 Å². The van der Waals surface area contributed by atoms with Crippen LogP contribution in [0.2, 0.25) is 10.2 Å². The molecule has 4 heteroatoms. The second kappa shape index (κ2) is 6.31. The summed E-state index contributed by atoms with van der Waals surface area (Å²) < 4.78 is 5.60. The van der Waals surface area contributed by atoms with Crippen molar-refractivity contribution in [2.75, 3.05) is 6.61 Å². The van der Waals surface area contributed by atoms with Crippen LogP contribution in [0.5, 0.6) is 5.75 Å². The standard InChI is InChI=1S/C12H17Cl2NO/c1-8(2)4-9(3)7-16-11-6-15-12(14)5-10(11)13/h5-6,8-9H,4,7H2,1-3H3. The molecule has 1 atom stereocenters. The Kier molecular flexibility index (Phi) is 5.36. The molecule has 0 aliphatic rings. The zero-order valence-electron chi connectivity index (χ0n) is 9.84. The molecule has 0 radical (unpaired) electrons. The zero-order valence-corrected chi connectivity index (χ0v) is 11.3. The Bertz CT molecular complexity index is 342. The number of nitrogens with zero attached hydrogens (tertiary/aromatic N) is 1. The zero-order chi connectivity index (χ0) is 12.1. The van der Waals surface area contributed by atoms with E-state index in [0.29, 0.717) is 34.4 Å². The minimum Gasteiger partial charge on any atom is -0.490 e. The summed E-state index contributed by atoms with van der Waals surface area (Å²) in [6.45, 7) is 7.22. The van der Waals surface area contributed by atoms with Crippen LogP contribution in [0.4, 0.5) is 0 Å². The summed E-state index contributed by atoms with van der Waals surface area (Å²) in [5.41, 5.74) is 0. The number of rotatable bonds is 5. The van der Waals surface area contributed by atoms with Crippen LogP contribution in [0.1, 0.15) is 27.2 Å². The van der Waals surface area contributed by atoms with Crippen LogP contribution in [0.25, 0.3) is 0 Å². The number of hydrogen-bond donors (Lipinski definition) is 0. The van der Waals surface area contributed by atoms with Crippen LogP contribution in [-0.4, -0.2) is 11.6 Å². The molecule has 1 unspecified atom stereocenters. The number of aromatic nitrogens is 1. The van der Waals surface area contributed by atoms with Gasteiger partial charge in [0, 0.05) is 0 Å². The van der Waals surface area contributed by atoms with Crippen LogP contribution in [0, 0.1) is 11.8 Å². The van der Waals surface area contributed by atoms with Gasteiger partial charge in [-0.3, -0.25) is 0 Å². The Balaban J connectivity index is 2.48. The van der Waals surface area contributed by atoms with Crippen LogP contribution in [0.3, 0.4) is 0 Å². The van der Waals surface area contributed by atoms with E-state index >= 15 is 0 Å². The highest BCUT2D eigenvalue weighted by atomic mass is 35.5. The Morgan fingerprint density at radius 3 is 2.56 bits per heavy atom. The van der Waals surface area contributed by atoms with Crippen molar-refractivity contribution in [3.05, 3.63) is 22.4 Å². The third kappa shape index (κ3) is 4.58. The predicted molar refractivity (Wildman–Crippen MR) is 68.4 cm³/mol. The van der Waals surface area contributed by atoms with Gasteiger partial charge in [0.15, 0.2) is 5.75 Å². The minimum absolute atomic E-state index is 0.382. The highest BCUT2D eigenvalue weighted by molar-refractivity contribution is 6.34. The fourth-order valence-electron chi connectivity index (χ4n) is 1.61. The van der Waals surface area contributed by atoms with Crippen LogP contribution in [-0.2, 0) is 0 Å². The largest absolute Gasteiger partial charge is 0.490 e. The van der Waals surface area contributed by atoms with Crippen molar-refractivity contribution in [3.63, 3.8) is 0 Å². The van der Waals surface area contributed by atoms with Gasteiger partial charge >= 0.3 is 0 Å². The summed E-state index contributed by atoms with van der Waals surface area (Å²) in [4.78, 5) is 3.93. The number of ether oxygens (including phenoxy) is 1. The lowest BCUT2D eigenvalue weighted by Gasteiger charge is -2.15. The topological polar surface area (TPSA) is 22.1 Å². The second-order valence-electron chi connectivity index (χ2n) is 4.48. The summed E-state index contributed by atoms with van der Waals surface area (Å²) in [7, 11) is 0. The van der Waals surface area contributed by atoms with Gasteiger partial charge in [-0.2, -0.15) is 0 Å². The first-order valence-electron chi connectivity index (χ1n) is 5.43. The third-order valence-corrected chi connectivity index (χ3v) is 2.69. The van der Waals surface area contributed by atoms with Crippen molar-refractivity contribution in [2.24, 2.45) is 11.8 Å². The normalized spacial score (nSPS) is 12.9. The molecule has 0 aromatic carbocycles. The van der Waals surface area contributed by atoms with Crippen molar-refractivity contribution in [3.8, 4) is 5.75 Å². The van der Waals surface area contributed by atoms with Gasteiger partial charge in [-0.15, -0.1) is 0 Å². The first-order valence-corrected chi connectivity index (χ1v) is 6.18. The fourth-order valence-corrected chi connectivity index (χ4v) is 2.03. The molecular weight excluding hydrogens is 245 g/mol. The molecular formula is C12H17Cl2NO. The van der Waals surface area contributed by atoms with Gasteiger partial charge in [-0.25, -0.2) is 4.98 Å². The maximum Gasteiger partial charge on any atom is 0.156 e. The molecule has 90 valence electrons. The Hall–Kier alpha value is -0.470. The Morgan fingerprint density at radius 2 is 2.00 bits per heavy atom. The van der Waals surface area contributed by atoms with Crippen LogP contribution >= 0.6 is 23.2 Å². The molecule has 1 rings (SSSR count). The summed E-state index contributed by atoms with van der Waals surface area (Å²) >= 11 is 11.7. The van der Waals surface area contributed by atoms with Crippen molar-refractivity contribution >= 4 is 23.2 Å². The highest BCUT2D eigenvalue weighted by Crippen LogP contribution is 2.26. The number of hydrogen-bond acceptors (Lipinski definition) is 2. The summed E-state index contributed by atoms with van der Waals surface area (Å²) in [5, 5.41) is 0.893. The van der Waals surface area contributed by atoms with Gasteiger partial charge in [-0.1, -0.05) is 44.0 Å². The predicted octanol–water partition coefficient (Wildman–Crippen LogP) is 4.45. The van der Waals surface area contributed by atoms with E-state index in [9.17, 15) is 0 Å². The maximum absolute atomic E-state index is 5.97. The molecule has 16 heavy (non-hydrogen) atoms. The molecule has 0 saturated heterocycles. The van der Waals surface area contributed by atoms with E-state index < -0.39 is 0 Å². The van der Waals surface area contributed by atoms with Gasteiger partial charge in [-0.05, 0) is 24.3 Å². The maximum atomic E-state index is 5.97. The smallest absolute Gasteiger partial charge is 0.156 e. The van der Waals surface area contributed by atoms with Gasteiger partial charge in [0.25, 0.3) is 0 Å². The van der Waals surface area contributed by atoms with E-state index in [-0.39, 0.29) is 0 Å². The monoisotopic (exact) mass is 261 g/mol. The molecule has 0 N–H and O–H groups in total. The van der Waals surface area contributed by atoms with Crippen molar-refractivity contribution < 1.29 is 4.74 Å². The van der Waals surface area contributed by atoms with Gasteiger partial charge in [0.05, 0.1) is 17.8 Å². The van der Waals surface area contributed by atoms with E-state index in [1.165, 1.54) is 0 Å². The SMILES string of the molecule is CC(C)CC(C)COc1cnc(Cl)cc1Cl. The molecule has 0 saturated carbocycles. The molecule has 0 bridgehead atoms. The molecule has 0 aliphatic carbocycles. The fraction of sp³-hybridized carbons (Fsp3) is 0.583. The van der Waals surface area contributed by atoms with E-state index in [4.69, 9.17) is 27.9 Å². The quantitative estimate of drug-likeness (QED) is 0.731. The molecule has 0 aliphatic heterocycles. The summed E-state index contributed by atoms with van der Waals surface area (Å²) in [6.07, 6.45) is 2.70. The third-order valence-electron chi connectivity index (χ3n) is 2.18. The van der Waals surface area contributed by atoms with E-state index in [1.807, 2.05) is 0 Å². The molecule has 0 amide bonds. The second-order valence-corrected chi connectivity index (χ2v) is 5.28. The Labute approximate surface area is 107 Å². The lowest BCUT2D eigenvalue weighted by Crippen LogP contribution is -2.11. The summed E-state index contributed by atoms with van der Waals surface area (Å²) in [6, 6.07) is 1.59. The summed E-state index contributed by atoms with van der Waals surface area (Å²) in [5.74, 6) is 1.78. The van der Waals surface area contributed by atoms with Crippen molar-refractivity contribution in [1.82, 2.24) is 4.98 Å². The Morgan fingerprint density at radius 1 is 1.31 bits per heavy atom. The molecule has 0 fully saturated rings. The van der Waals surface area contributed by atoms with Crippen LogP contribution in [0.15, 0.2) is 12.3 Å². The molecule has 2 nitrogen and oxygen atoms in total. The van der Waals surface area contributed by atoms with Gasteiger partial charge in [0.1, 0.15) is 5.15 Å². The molecule has 1 heterocycles.